The summed E-state index contributed by atoms with van der Waals surface area (Å²) < 4.78 is 21.9. The Morgan fingerprint density at radius 2 is 1.86 bits per heavy atom. The first-order valence-electron chi connectivity index (χ1n) is 10.7. The smallest absolute Gasteiger partial charge is 0.437 e. The van der Waals surface area contributed by atoms with Gasteiger partial charge in [0.15, 0.2) is 0 Å². The Labute approximate surface area is 198 Å². The van der Waals surface area contributed by atoms with Gasteiger partial charge in [-0.25, -0.2) is 14.4 Å². The van der Waals surface area contributed by atoms with Crippen LogP contribution in [0.3, 0.4) is 0 Å². The van der Waals surface area contributed by atoms with E-state index in [0.29, 0.717) is 17.1 Å². The van der Waals surface area contributed by atoms with E-state index in [4.69, 9.17) is 18.3 Å². The van der Waals surface area contributed by atoms with Crippen molar-refractivity contribution in [1.82, 2.24) is 20.4 Å². The zero-order chi connectivity index (χ0) is 24.9. The molecule has 0 bridgehead atoms. The molecule has 4 rings (SSSR count). The SMILES string of the molecule is CCOC(=O)C1=C(COC(=O)Cn2nc(-c3ccccc3)oc2=O)NC(=O)N[C@H]1c1ccc(C)o1. The molecule has 3 aromatic rings. The van der Waals surface area contributed by atoms with Gasteiger partial charge in [-0.3, -0.25) is 4.79 Å². The van der Waals surface area contributed by atoms with E-state index in [0.717, 1.165) is 4.68 Å². The third kappa shape index (κ3) is 5.32. The Bertz CT molecular complexity index is 1330. The van der Waals surface area contributed by atoms with E-state index in [1.54, 1.807) is 56.3 Å². The molecule has 0 spiro atoms. The van der Waals surface area contributed by atoms with Crippen LogP contribution in [-0.4, -0.2) is 41.0 Å². The van der Waals surface area contributed by atoms with Gasteiger partial charge in [-0.2, -0.15) is 4.68 Å². The van der Waals surface area contributed by atoms with E-state index in [1.165, 1.54) is 0 Å². The van der Waals surface area contributed by atoms with Gasteiger partial charge in [0.2, 0.25) is 5.89 Å². The summed E-state index contributed by atoms with van der Waals surface area (Å²) in [6, 6.07) is 10.4. The average molecular weight is 482 g/mol. The number of rotatable bonds is 8. The normalized spacial score (nSPS) is 15.4. The summed E-state index contributed by atoms with van der Waals surface area (Å²) >= 11 is 0. The quantitative estimate of drug-likeness (QED) is 0.457. The van der Waals surface area contributed by atoms with E-state index in [2.05, 4.69) is 15.7 Å². The molecule has 0 aliphatic carbocycles. The third-order valence-electron chi connectivity index (χ3n) is 4.98. The molecule has 12 nitrogen and oxygen atoms in total. The van der Waals surface area contributed by atoms with Crippen molar-refractivity contribution in [2.45, 2.75) is 26.4 Å². The van der Waals surface area contributed by atoms with Crippen molar-refractivity contribution in [1.29, 1.82) is 0 Å². The summed E-state index contributed by atoms with van der Waals surface area (Å²) in [5.41, 5.74) is 0.619. The minimum absolute atomic E-state index is 0.0251. The van der Waals surface area contributed by atoms with Crippen molar-refractivity contribution in [3.63, 3.8) is 0 Å². The summed E-state index contributed by atoms with van der Waals surface area (Å²) in [6.07, 6.45) is 0. The summed E-state index contributed by atoms with van der Waals surface area (Å²) in [5, 5.41) is 9.09. The summed E-state index contributed by atoms with van der Waals surface area (Å²) in [5.74, 6) is -1.45. The van der Waals surface area contributed by atoms with Gasteiger partial charge in [0.1, 0.15) is 30.7 Å². The Morgan fingerprint density at radius 1 is 1.09 bits per heavy atom. The maximum Gasteiger partial charge on any atom is 0.437 e. The zero-order valence-electron chi connectivity index (χ0n) is 18.9. The van der Waals surface area contributed by atoms with Crippen LogP contribution in [0.1, 0.15) is 24.5 Å². The molecule has 0 unspecified atom stereocenters. The lowest BCUT2D eigenvalue weighted by molar-refractivity contribution is -0.144. The maximum absolute atomic E-state index is 12.7. The van der Waals surface area contributed by atoms with Crippen molar-refractivity contribution in [2.24, 2.45) is 0 Å². The molecule has 2 N–H and O–H groups in total. The molecule has 12 heteroatoms. The van der Waals surface area contributed by atoms with Crippen molar-refractivity contribution in [2.75, 3.05) is 13.2 Å². The third-order valence-corrected chi connectivity index (χ3v) is 4.98. The lowest BCUT2D eigenvalue weighted by atomic mass is 10.0. The van der Waals surface area contributed by atoms with Crippen LogP contribution in [0, 0.1) is 6.92 Å². The van der Waals surface area contributed by atoms with Crippen molar-refractivity contribution >= 4 is 18.0 Å². The minimum Gasteiger partial charge on any atom is -0.464 e. The summed E-state index contributed by atoms with van der Waals surface area (Å²) in [6.45, 7) is 2.45. The predicted molar refractivity (Wildman–Crippen MR) is 119 cm³/mol. The lowest BCUT2D eigenvalue weighted by Crippen LogP contribution is -2.47. The molecule has 1 aromatic carbocycles. The van der Waals surface area contributed by atoms with Gasteiger partial charge >= 0.3 is 23.7 Å². The number of nitrogens with one attached hydrogen (secondary N) is 2. The first-order chi connectivity index (χ1) is 16.9. The molecule has 0 radical (unpaired) electrons. The number of aryl methyl sites for hydroxylation is 1. The number of benzene rings is 1. The fraction of sp³-hybridized carbons (Fsp3) is 0.261. The molecular weight excluding hydrogens is 460 g/mol. The minimum atomic E-state index is -0.947. The first kappa shape index (κ1) is 23.5. The largest absolute Gasteiger partial charge is 0.464 e. The second-order valence-electron chi connectivity index (χ2n) is 7.45. The first-order valence-corrected chi connectivity index (χ1v) is 10.7. The van der Waals surface area contributed by atoms with E-state index < -0.39 is 42.9 Å². The van der Waals surface area contributed by atoms with E-state index >= 15 is 0 Å². The molecule has 1 aliphatic rings. The van der Waals surface area contributed by atoms with Crippen LogP contribution >= 0.6 is 0 Å². The van der Waals surface area contributed by atoms with Gasteiger partial charge in [0.05, 0.1) is 17.9 Å². The van der Waals surface area contributed by atoms with E-state index in [1.807, 2.05) is 0 Å². The number of carbonyl (C=O) groups is 3. The Balaban J connectivity index is 1.52. The van der Waals surface area contributed by atoms with E-state index in [-0.39, 0.29) is 23.8 Å². The molecule has 0 saturated heterocycles. The fourth-order valence-corrected chi connectivity index (χ4v) is 3.43. The number of nitrogens with zero attached hydrogens (tertiary/aromatic N) is 2. The highest BCUT2D eigenvalue weighted by Crippen LogP contribution is 2.29. The molecule has 3 heterocycles. The van der Waals surface area contributed by atoms with Gasteiger partial charge in [-0.15, -0.1) is 5.10 Å². The highest BCUT2D eigenvalue weighted by molar-refractivity contribution is 5.95. The van der Waals surface area contributed by atoms with Crippen LogP contribution in [0.5, 0.6) is 0 Å². The molecule has 1 aliphatic heterocycles. The van der Waals surface area contributed by atoms with Crippen molar-refractivity contribution < 1.29 is 32.7 Å². The number of amides is 2. The van der Waals surface area contributed by atoms with Crippen LogP contribution in [0.2, 0.25) is 0 Å². The number of aromatic nitrogens is 2. The molecule has 182 valence electrons. The number of esters is 2. The number of ether oxygens (including phenoxy) is 2. The number of hydrogen-bond donors (Lipinski definition) is 2. The maximum atomic E-state index is 12.7. The molecule has 1 atom stereocenters. The standard InChI is InChI=1S/C23H22N4O8/c1-3-32-21(29)18-15(24-22(30)25-19(18)16-10-9-13(2)34-16)12-33-17(28)11-27-23(31)35-20(26-27)14-7-5-4-6-8-14/h4-10,19H,3,11-12H2,1-2H3,(H2,24,25,30)/t19-/m0/s1. The van der Waals surface area contributed by atoms with Gasteiger partial charge in [0.25, 0.3) is 0 Å². The highest BCUT2D eigenvalue weighted by Gasteiger charge is 2.36. The van der Waals surface area contributed by atoms with Crippen LogP contribution < -0.4 is 16.4 Å². The molecular formula is C23H22N4O8. The monoisotopic (exact) mass is 482 g/mol. The molecule has 0 fully saturated rings. The second-order valence-corrected chi connectivity index (χ2v) is 7.45. The van der Waals surface area contributed by atoms with Gasteiger partial charge in [0, 0.05) is 5.56 Å². The lowest BCUT2D eigenvalue weighted by Gasteiger charge is -2.27. The molecule has 0 saturated carbocycles. The second kappa shape index (κ2) is 10.1. The van der Waals surface area contributed by atoms with Crippen molar-refractivity contribution in [3.8, 4) is 11.5 Å². The molecule has 35 heavy (non-hydrogen) atoms. The Hall–Kier alpha value is -4.61. The molecule has 2 aromatic heterocycles. The zero-order valence-corrected chi connectivity index (χ0v) is 18.9. The number of hydrogen-bond acceptors (Lipinski definition) is 9. The van der Waals surface area contributed by atoms with Gasteiger partial charge in [-0.1, -0.05) is 18.2 Å². The van der Waals surface area contributed by atoms with Gasteiger partial charge < -0.3 is 28.9 Å². The average Bonchev–Trinajstić information content (AvgIpc) is 3.43. The number of urea groups is 1. The number of furan rings is 1. The Kier molecular flexibility index (Phi) is 6.81. The summed E-state index contributed by atoms with van der Waals surface area (Å²) in [4.78, 5) is 49.5. The Morgan fingerprint density at radius 3 is 2.54 bits per heavy atom. The van der Waals surface area contributed by atoms with Gasteiger partial charge in [-0.05, 0) is 38.1 Å². The number of carbonyl (C=O) groups excluding carboxylic acids is 3. The van der Waals surface area contributed by atoms with Crippen LogP contribution in [0.4, 0.5) is 4.79 Å². The predicted octanol–water partition coefficient (Wildman–Crippen LogP) is 1.82. The van der Waals surface area contributed by atoms with E-state index in [9.17, 15) is 19.2 Å². The topological polar surface area (TPSA) is 155 Å². The van der Waals surface area contributed by atoms with Crippen molar-refractivity contribution in [3.05, 3.63) is 75.8 Å². The van der Waals surface area contributed by atoms with Crippen LogP contribution in [0.25, 0.3) is 11.5 Å². The fourth-order valence-electron chi connectivity index (χ4n) is 3.43. The van der Waals surface area contributed by atoms with Crippen LogP contribution in [-0.2, 0) is 25.6 Å². The molecule has 2 amide bonds. The highest BCUT2D eigenvalue weighted by atomic mass is 16.5. The van der Waals surface area contributed by atoms with Crippen LogP contribution in [0.15, 0.2) is 67.4 Å². The summed E-state index contributed by atoms with van der Waals surface area (Å²) in [7, 11) is 0.